The second kappa shape index (κ2) is 5.87. The molecule has 1 N–H and O–H groups in total. The minimum absolute atomic E-state index is 0.0755. The molecule has 0 atom stereocenters. The first-order chi connectivity index (χ1) is 8.66. The average Bonchev–Trinajstić information content (AvgIpc) is 2.81. The number of rotatable bonds is 4. The molecule has 2 aromatic rings. The van der Waals surface area contributed by atoms with E-state index in [1.807, 2.05) is 37.3 Å². The number of hydrogen-bond donors (Lipinski definition) is 1. The summed E-state index contributed by atoms with van der Waals surface area (Å²) >= 11 is 3.40. The van der Waals surface area contributed by atoms with Gasteiger partial charge in [0.05, 0.1) is 11.8 Å². The Bertz CT molecular complexity index is 535. The molecule has 0 aliphatic rings. The van der Waals surface area contributed by atoms with Gasteiger partial charge in [-0.1, -0.05) is 6.07 Å². The SMILES string of the molecule is Cc1ccc(C(=O)NCCc2ccco2)c(Br)c1. The van der Waals surface area contributed by atoms with Crippen molar-refractivity contribution in [2.75, 3.05) is 6.54 Å². The van der Waals surface area contributed by atoms with Crippen LogP contribution < -0.4 is 5.32 Å². The van der Waals surface area contributed by atoms with Crippen LogP contribution in [-0.4, -0.2) is 12.5 Å². The third-order valence-electron chi connectivity index (χ3n) is 2.61. The first-order valence-electron chi connectivity index (χ1n) is 5.73. The molecule has 1 heterocycles. The predicted octanol–water partition coefficient (Wildman–Crippen LogP) is 3.32. The standard InChI is InChI=1S/C14H14BrNO2/c1-10-4-5-12(13(15)9-10)14(17)16-7-6-11-3-2-8-18-11/h2-5,8-9H,6-7H2,1H3,(H,16,17). The van der Waals surface area contributed by atoms with Crippen molar-refractivity contribution in [2.24, 2.45) is 0 Å². The van der Waals surface area contributed by atoms with Crippen molar-refractivity contribution < 1.29 is 9.21 Å². The monoisotopic (exact) mass is 307 g/mol. The number of hydrogen-bond acceptors (Lipinski definition) is 2. The van der Waals surface area contributed by atoms with Crippen LogP contribution in [0.5, 0.6) is 0 Å². The van der Waals surface area contributed by atoms with E-state index in [0.717, 1.165) is 15.8 Å². The summed E-state index contributed by atoms with van der Waals surface area (Å²) in [4.78, 5) is 11.9. The fraction of sp³-hybridized carbons (Fsp3) is 0.214. The maximum atomic E-state index is 11.9. The Labute approximate surface area is 114 Å². The van der Waals surface area contributed by atoms with E-state index in [9.17, 15) is 4.79 Å². The number of benzene rings is 1. The summed E-state index contributed by atoms with van der Waals surface area (Å²) < 4.78 is 6.02. The molecule has 18 heavy (non-hydrogen) atoms. The molecule has 0 spiro atoms. The summed E-state index contributed by atoms with van der Waals surface area (Å²) in [5.74, 6) is 0.798. The Morgan fingerprint density at radius 2 is 2.22 bits per heavy atom. The van der Waals surface area contributed by atoms with Gasteiger partial charge in [0, 0.05) is 17.4 Å². The molecule has 2 rings (SSSR count). The molecule has 94 valence electrons. The van der Waals surface area contributed by atoms with Gasteiger partial charge in [-0.2, -0.15) is 0 Å². The maximum Gasteiger partial charge on any atom is 0.252 e. The number of amides is 1. The van der Waals surface area contributed by atoms with Crippen molar-refractivity contribution in [3.63, 3.8) is 0 Å². The van der Waals surface area contributed by atoms with Gasteiger partial charge in [0.2, 0.25) is 0 Å². The van der Waals surface area contributed by atoms with E-state index in [1.165, 1.54) is 0 Å². The van der Waals surface area contributed by atoms with Crippen LogP contribution >= 0.6 is 15.9 Å². The van der Waals surface area contributed by atoms with Crippen LogP contribution in [0.3, 0.4) is 0 Å². The van der Waals surface area contributed by atoms with Crippen LogP contribution in [0.4, 0.5) is 0 Å². The number of aryl methyl sites for hydroxylation is 1. The van der Waals surface area contributed by atoms with E-state index in [4.69, 9.17) is 4.42 Å². The molecule has 0 saturated heterocycles. The normalized spacial score (nSPS) is 10.3. The van der Waals surface area contributed by atoms with E-state index >= 15 is 0 Å². The van der Waals surface area contributed by atoms with Crippen LogP contribution in [-0.2, 0) is 6.42 Å². The van der Waals surface area contributed by atoms with Crippen LogP contribution in [0, 0.1) is 6.92 Å². The highest BCUT2D eigenvalue weighted by Gasteiger charge is 2.09. The van der Waals surface area contributed by atoms with Gasteiger partial charge in [-0.25, -0.2) is 0 Å². The van der Waals surface area contributed by atoms with Crippen LogP contribution in [0.1, 0.15) is 21.7 Å². The molecule has 1 aromatic heterocycles. The minimum Gasteiger partial charge on any atom is -0.469 e. The lowest BCUT2D eigenvalue weighted by Crippen LogP contribution is -2.25. The summed E-state index contributed by atoms with van der Waals surface area (Å²) in [5, 5.41) is 2.87. The third kappa shape index (κ3) is 3.23. The van der Waals surface area contributed by atoms with Gasteiger partial charge in [0.15, 0.2) is 0 Å². The zero-order chi connectivity index (χ0) is 13.0. The highest BCUT2D eigenvalue weighted by molar-refractivity contribution is 9.10. The lowest BCUT2D eigenvalue weighted by molar-refractivity contribution is 0.0953. The quantitative estimate of drug-likeness (QED) is 0.941. The molecule has 1 amide bonds. The highest BCUT2D eigenvalue weighted by Crippen LogP contribution is 2.18. The second-order valence-corrected chi connectivity index (χ2v) is 4.92. The fourth-order valence-corrected chi connectivity index (χ4v) is 2.33. The zero-order valence-corrected chi connectivity index (χ0v) is 11.7. The molecular formula is C14H14BrNO2. The van der Waals surface area contributed by atoms with Crippen LogP contribution in [0.25, 0.3) is 0 Å². The van der Waals surface area contributed by atoms with Crippen molar-refractivity contribution in [3.8, 4) is 0 Å². The van der Waals surface area contributed by atoms with E-state index in [-0.39, 0.29) is 5.91 Å². The molecule has 1 aromatic carbocycles. The van der Waals surface area contributed by atoms with Crippen molar-refractivity contribution in [2.45, 2.75) is 13.3 Å². The van der Waals surface area contributed by atoms with Gasteiger partial charge in [0.25, 0.3) is 5.91 Å². The molecule has 0 unspecified atom stereocenters. The molecular weight excluding hydrogens is 294 g/mol. The lowest BCUT2D eigenvalue weighted by atomic mass is 10.1. The highest BCUT2D eigenvalue weighted by atomic mass is 79.9. The van der Waals surface area contributed by atoms with Crippen molar-refractivity contribution in [1.29, 1.82) is 0 Å². The van der Waals surface area contributed by atoms with Crippen LogP contribution in [0.2, 0.25) is 0 Å². The summed E-state index contributed by atoms with van der Waals surface area (Å²) in [6.45, 7) is 2.55. The Kier molecular flexibility index (Phi) is 4.20. The molecule has 0 radical (unpaired) electrons. The van der Waals surface area contributed by atoms with E-state index < -0.39 is 0 Å². The van der Waals surface area contributed by atoms with Crippen molar-refractivity contribution in [1.82, 2.24) is 5.32 Å². The summed E-state index contributed by atoms with van der Waals surface area (Å²) in [5.41, 5.74) is 1.77. The minimum atomic E-state index is -0.0755. The van der Waals surface area contributed by atoms with Crippen molar-refractivity contribution >= 4 is 21.8 Å². The molecule has 0 saturated carbocycles. The molecule has 0 bridgehead atoms. The Morgan fingerprint density at radius 1 is 1.39 bits per heavy atom. The molecule has 4 heteroatoms. The topological polar surface area (TPSA) is 42.2 Å². The first kappa shape index (κ1) is 12.9. The molecule has 0 aliphatic carbocycles. The third-order valence-corrected chi connectivity index (χ3v) is 3.26. The zero-order valence-electron chi connectivity index (χ0n) is 10.1. The number of halogens is 1. The van der Waals surface area contributed by atoms with Gasteiger partial charge in [-0.15, -0.1) is 0 Å². The van der Waals surface area contributed by atoms with Gasteiger partial charge in [-0.05, 0) is 52.7 Å². The van der Waals surface area contributed by atoms with E-state index in [0.29, 0.717) is 18.5 Å². The lowest BCUT2D eigenvalue weighted by Gasteiger charge is -2.06. The number of nitrogens with one attached hydrogen (secondary N) is 1. The summed E-state index contributed by atoms with van der Waals surface area (Å²) in [6, 6.07) is 9.41. The van der Waals surface area contributed by atoms with E-state index in [1.54, 1.807) is 6.26 Å². The van der Waals surface area contributed by atoms with Gasteiger partial charge in [-0.3, -0.25) is 4.79 Å². The predicted molar refractivity (Wildman–Crippen MR) is 73.6 cm³/mol. The average molecular weight is 308 g/mol. The first-order valence-corrected chi connectivity index (χ1v) is 6.53. The van der Waals surface area contributed by atoms with E-state index in [2.05, 4.69) is 21.2 Å². The van der Waals surface area contributed by atoms with Crippen molar-refractivity contribution in [3.05, 3.63) is 58.0 Å². The molecule has 0 aliphatic heterocycles. The number of carbonyl (C=O) groups excluding carboxylic acids is 1. The maximum absolute atomic E-state index is 11.9. The smallest absolute Gasteiger partial charge is 0.252 e. The van der Waals surface area contributed by atoms with Gasteiger partial charge < -0.3 is 9.73 Å². The molecule has 3 nitrogen and oxygen atoms in total. The van der Waals surface area contributed by atoms with Crippen LogP contribution in [0.15, 0.2) is 45.5 Å². The van der Waals surface area contributed by atoms with Gasteiger partial charge in [0.1, 0.15) is 5.76 Å². The Morgan fingerprint density at radius 3 is 2.89 bits per heavy atom. The Balaban J connectivity index is 1.91. The fourth-order valence-electron chi connectivity index (χ4n) is 1.65. The molecule has 0 fully saturated rings. The van der Waals surface area contributed by atoms with Gasteiger partial charge >= 0.3 is 0 Å². The summed E-state index contributed by atoms with van der Waals surface area (Å²) in [6.07, 6.45) is 2.33. The summed E-state index contributed by atoms with van der Waals surface area (Å²) in [7, 11) is 0. The Hall–Kier alpha value is -1.55. The number of carbonyl (C=O) groups is 1. The number of furan rings is 1. The second-order valence-electron chi connectivity index (χ2n) is 4.07. The largest absolute Gasteiger partial charge is 0.469 e.